The zero-order valence-electron chi connectivity index (χ0n) is 7.04. The second-order valence-electron chi connectivity index (χ2n) is 1.70. The van der Waals surface area contributed by atoms with Crippen molar-refractivity contribution in [2.24, 2.45) is 5.14 Å². The van der Waals surface area contributed by atoms with Crippen molar-refractivity contribution >= 4 is 30.8 Å². The van der Waals surface area contributed by atoms with Crippen molar-refractivity contribution in [2.45, 2.75) is 0 Å². The summed E-state index contributed by atoms with van der Waals surface area (Å²) in [5.41, 5.74) is 0. The second-order valence-corrected chi connectivity index (χ2v) is 5.09. The van der Waals surface area contributed by atoms with Crippen molar-refractivity contribution in [2.75, 3.05) is 6.26 Å². The first-order valence-electron chi connectivity index (χ1n) is 2.37. The fraction of sp³-hybridized carbons (Fsp3) is 1.00. The molecule has 6 N–H and O–H groups in total. The molecule has 0 heterocycles. The Bertz CT molecular complexity index is 342. The van der Waals surface area contributed by atoms with Crippen LogP contribution < -0.4 is 5.14 Å². The van der Waals surface area contributed by atoms with Gasteiger partial charge in [0.1, 0.15) is 0 Å². The normalized spacial score (nSPS) is 11.6. The van der Waals surface area contributed by atoms with Gasteiger partial charge in [-0.3, -0.25) is 18.2 Å². The molecule has 0 saturated heterocycles. The van der Waals surface area contributed by atoms with Gasteiger partial charge in [0.05, 0.1) is 6.26 Å². The van der Waals surface area contributed by atoms with E-state index in [2.05, 4.69) is 5.14 Å². The summed E-state index contributed by atoms with van der Waals surface area (Å²) in [6, 6.07) is 0. The van der Waals surface area contributed by atoms with Gasteiger partial charge in [0, 0.05) is 0 Å². The molecule has 0 saturated carbocycles. The van der Waals surface area contributed by atoms with Gasteiger partial charge >= 0.3 is 20.7 Å². The molecule has 0 spiro atoms. The molecular weight excluding hydrogens is 282 g/mol. The maximum absolute atomic E-state index is 9.19. The predicted molar refractivity (Wildman–Crippen MR) is 47.4 cm³/mol. The molecule has 0 unspecified atom stereocenters. The van der Waals surface area contributed by atoms with Crippen LogP contribution >= 0.6 is 0 Å². The SMILES string of the molecule is CS(=O)(=O)O.NS(=O)(=O)O.O=S(=O)(O)O. The molecule has 0 aromatic rings. The molecule has 0 aliphatic heterocycles. The second kappa shape index (κ2) is 7.01. The molecule has 0 fully saturated rings. The Kier molecular flexibility index (Phi) is 9.40. The van der Waals surface area contributed by atoms with Gasteiger partial charge in [0.15, 0.2) is 0 Å². The predicted octanol–water partition coefficient (Wildman–Crippen LogP) is -2.40. The highest BCUT2D eigenvalue weighted by molar-refractivity contribution is 7.85. The van der Waals surface area contributed by atoms with E-state index in [-0.39, 0.29) is 0 Å². The highest BCUT2D eigenvalue weighted by Crippen LogP contribution is 1.60. The minimum absolute atomic E-state index is 0.715. The number of hydrogen-bond acceptors (Lipinski definition) is 6. The zero-order valence-corrected chi connectivity index (χ0v) is 9.49. The van der Waals surface area contributed by atoms with Crippen molar-refractivity contribution in [1.29, 1.82) is 0 Å². The summed E-state index contributed by atoms with van der Waals surface area (Å²) >= 11 is 0. The summed E-state index contributed by atoms with van der Waals surface area (Å²) in [6.45, 7) is 0. The standard InChI is InChI=1S/CH4O3S.H3NO3S.H2O4S/c3*1-5(2,3)4/h1H3,(H,2,3,4);(H3,1,2,3,4);(H2,1,2,3,4). The third-order valence-corrected chi connectivity index (χ3v) is 0. The smallest absolute Gasteiger partial charge is 0.286 e. The van der Waals surface area contributed by atoms with E-state index in [4.69, 9.17) is 35.0 Å². The van der Waals surface area contributed by atoms with Gasteiger partial charge in [-0.2, -0.15) is 25.3 Å². The van der Waals surface area contributed by atoms with Crippen LogP contribution in [0.4, 0.5) is 0 Å². The quantitative estimate of drug-likeness (QED) is 0.298. The van der Waals surface area contributed by atoms with Crippen LogP contribution in [0, 0.1) is 0 Å². The van der Waals surface area contributed by atoms with Crippen LogP contribution in [0.2, 0.25) is 0 Å². The van der Waals surface area contributed by atoms with Gasteiger partial charge in [0.2, 0.25) is 0 Å². The molecule has 0 aromatic heterocycles. The third kappa shape index (κ3) is 15100. The van der Waals surface area contributed by atoms with E-state index in [1.165, 1.54) is 0 Å². The lowest BCUT2D eigenvalue weighted by atomic mass is 12.0. The van der Waals surface area contributed by atoms with Crippen molar-refractivity contribution in [3.63, 3.8) is 0 Å². The fourth-order valence-electron chi connectivity index (χ4n) is 0. The summed E-state index contributed by atoms with van der Waals surface area (Å²) in [7, 11) is -12.5. The molecule has 0 aliphatic carbocycles. The van der Waals surface area contributed by atoms with Crippen LogP contribution in [0.1, 0.15) is 0 Å². The van der Waals surface area contributed by atoms with Crippen LogP contribution in [0.15, 0.2) is 0 Å². The molecule has 0 atom stereocenters. The molecule has 0 bridgehead atoms. The first-order valence-corrected chi connectivity index (χ1v) is 7.12. The summed E-state index contributed by atoms with van der Waals surface area (Å²) < 4.78 is 82.7. The van der Waals surface area contributed by atoms with E-state index in [1.807, 2.05) is 0 Å². The van der Waals surface area contributed by atoms with E-state index in [0.29, 0.717) is 6.26 Å². The van der Waals surface area contributed by atoms with Crippen molar-refractivity contribution in [3.05, 3.63) is 0 Å². The lowest BCUT2D eigenvalue weighted by Gasteiger charge is -1.70. The van der Waals surface area contributed by atoms with Crippen LogP contribution in [-0.4, -0.2) is 49.7 Å². The van der Waals surface area contributed by atoms with E-state index in [1.54, 1.807) is 0 Å². The third-order valence-electron chi connectivity index (χ3n) is 0. The van der Waals surface area contributed by atoms with Gasteiger partial charge in [0.25, 0.3) is 10.1 Å². The van der Waals surface area contributed by atoms with Crippen LogP contribution in [0.3, 0.4) is 0 Å². The van der Waals surface area contributed by atoms with Crippen molar-refractivity contribution < 1.29 is 43.5 Å². The molecule has 0 aromatic carbocycles. The molecular formula is CH9NO10S3. The Hall–Kier alpha value is -0.350. The average molecular weight is 291 g/mol. The van der Waals surface area contributed by atoms with Gasteiger partial charge in [-0.25, -0.2) is 5.14 Å². The van der Waals surface area contributed by atoms with E-state index < -0.39 is 30.8 Å². The molecule has 0 amide bonds. The van der Waals surface area contributed by atoms with Crippen molar-refractivity contribution in [1.82, 2.24) is 0 Å². The van der Waals surface area contributed by atoms with E-state index in [9.17, 15) is 8.42 Å². The molecule has 14 heteroatoms. The minimum Gasteiger partial charge on any atom is -0.286 e. The van der Waals surface area contributed by atoms with Gasteiger partial charge < -0.3 is 0 Å². The Labute approximate surface area is 86.1 Å². The van der Waals surface area contributed by atoms with Crippen LogP contribution in [-0.2, 0) is 30.8 Å². The maximum atomic E-state index is 9.19. The highest BCUT2D eigenvalue weighted by Gasteiger charge is 1.84. The number of rotatable bonds is 0. The Morgan fingerprint density at radius 3 is 0.800 bits per heavy atom. The molecule has 0 rings (SSSR count). The average Bonchev–Trinajstić information content (AvgIpc) is 1.41. The molecule has 15 heavy (non-hydrogen) atoms. The Morgan fingerprint density at radius 2 is 0.800 bits per heavy atom. The molecule has 11 nitrogen and oxygen atoms in total. The highest BCUT2D eigenvalue weighted by atomic mass is 32.3. The summed E-state index contributed by atoms with van der Waals surface area (Å²) in [6.07, 6.45) is 0.715. The summed E-state index contributed by atoms with van der Waals surface area (Å²) in [5.74, 6) is 0. The zero-order chi connectivity index (χ0) is 13.5. The maximum Gasteiger partial charge on any atom is 0.394 e. The van der Waals surface area contributed by atoms with Gasteiger partial charge in [-0.1, -0.05) is 0 Å². The van der Waals surface area contributed by atoms with E-state index in [0.717, 1.165) is 0 Å². The lowest BCUT2D eigenvalue weighted by molar-refractivity contribution is 0.380. The molecule has 96 valence electrons. The lowest BCUT2D eigenvalue weighted by Crippen LogP contribution is -2.08. The monoisotopic (exact) mass is 291 g/mol. The Morgan fingerprint density at radius 1 is 0.800 bits per heavy atom. The number of hydrogen-bond donors (Lipinski definition) is 5. The first kappa shape index (κ1) is 20.1. The van der Waals surface area contributed by atoms with Gasteiger partial charge in [-0.05, 0) is 0 Å². The fourth-order valence-corrected chi connectivity index (χ4v) is 0. The first-order chi connectivity index (χ1) is 6.00. The van der Waals surface area contributed by atoms with Crippen LogP contribution in [0.25, 0.3) is 0 Å². The Balaban J connectivity index is -0.000000144. The number of nitrogens with two attached hydrogens (primary N) is 1. The van der Waals surface area contributed by atoms with Crippen molar-refractivity contribution in [3.8, 4) is 0 Å². The van der Waals surface area contributed by atoms with E-state index >= 15 is 0 Å². The summed E-state index contributed by atoms with van der Waals surface area (Å²) in [5, 5.41) is 3.88. The largest absolute Gasteiger partial charge is 0.394 e. The topological polar surface area (TPSA) is 209 Å². The molecule has 0 radical (unpaired) electrons. The van der Waals surface area contributed by atoms with Crippen LogP contribution in [0.5, 0.6) is 0 Å². The van der Waals surface area contributed by atoms with Gasteiger partial charge in [-0.15, -0.1) is 0 Å². The minimum atomic E-state index is -4.67. The summed E-state index contributed by atoms with van der Waals surface area (Å²) in [4.78, 5) is 0. The molecule has 0 aliphatic rings.